The van der Waals surface area contributed by atoms with E-state index in [0.717, 1.165) is 0 Å². The third kappa shape index (κ3) is 2.53. The highest BCUT2D eigenvalue weighted by atomic mass is 32.2. The number of aromatic nitrogens is 2. The van der Waals surface area contributed by atoms with Gasteiger partial charge in [0.1, 0.15) is 5.54 Å². The van der Waals surface area contributed by atoms with Crippen molar-refractivity contribution in [2.75, 3.05) is 13.1 Å². The Morgan fingerprint density at radius 1 is 1.35 bits per heavy atom. The molecule has 1 aliphatic rings. The largest absolute Gasteiger partial charge is 0.312 e. The molecule has 2 N–H and O–H groups in total. The molecule has 94 valence electrons. The Hall–Kier alpha value is -0.850. The molecule has 0 aromatic carbocycles. The summed E-state index contributed by atoms with van der Waals surface area (Å²) in [6.07, 6.45) is 3.42. The summed E-state index contributed by atoms with van der Waals surface area (Å²) < 4.78 is 15.0. The van der Waals surface area contributed by atoms with Crippen LogP contribution in [0.3, 0.4) is 0 Å². The van der Waals surface area contributed by atoms with Gasteiger partial charge in [0.25, 0.3) is 0 Å². The van der Waals surface area contributed by atoms with Crippen molar-refractivity contribution in [1.82, 2.24) is 20.0 Å². The summed E-state index contributed by atoms with van der Waals surface area (Å²) in [6.45, 7) is 7.25. The van der Waals surface area contributed by atoms with Crippen LogP contribution >= 0.6 is 0 Å². The summed E-state index contributed by atoms with van der Waals surface area (Å²) in [7, 11) is -1.13. The van der Waals surface area contributed by atoms with E-state index in [1.807, 2.05) is 20.8 Å². The van der Waals surface area contributed by atoms with Crippen LogP contribution in [0.2, 0.25) is 0 Å². The summed E-state index contributed by atoms with van der Waals surface area (Å²) in [4.78, 5) is 8.52. The first kappa shape index (κ1) is 12.6. The highest BCUT2D eigenvalue weighted by Gasteiger charge is 2.44. The van der Waals surface area contributed by atoms with E-state index in [1.54, 1.807) is 18.5 Å². The molecule has 1 saturated heterocycles. The van der Waals surface area contributed by atoms with Crippen molar-refractivity contribution in [3.05, 3.63) is 24.3 Å². The third-order valence-electron chi connectivity index (χ3n) is 2.69. The van der Waals surface area contributed by atoms with Gasteiger partial charge < -0.3 is 5.32 Å². The molecule has 1 unspecified atom stereocenters. The maximum absolute atomic E-state index is 12.2. The van der Waals surface area contributed by atoms with E-state index in [1.165, 1.54) is 0 Å². The molecule has 0 aliphatic carbocycles. The van der Waals surface area contributed by atoms with Crippen molar-refractivity contribution in [3.63, 3.8) is 0 Å². The maximum Gasteiger partial charge on any atom is 0.151 e. The molecule has 0 radical (unpaired) electrons. The molecular weight excluding hydrogens is 236 g/mol. The Kier molecular flexibility index (Phi) is 3.29. The molecule has 0 amide bonds. The minimum Gasteiger partial charge on any atom is -0.312 e. The molecule has 17 heavy (non-hydrogen) atoms. The number of hydrogen-bond donors (Lipinski definition) is 2. The van der Waals surface area contributed by atoms with Gasteiger partial charge in [-0.15, -0.1) is 0 Å². The SMILES string of the molecule is CC(C)(C)S(=O)NC1(c2ncccn2)CNC1. The fourth-order valence-corrected chi connectivity index (χ4v) is 2.42. The van der Waals surface area contributed by atoms with E-state index in [-0.39, 0.29) is 10.3 Å². The van der Waals surface area contributed by atoms with Crippen LogP contribution in [0.5, 0.6) is 0 Å². The van der Waals surface area contributed by atoms with E-state index in [4.69, 9.17) is 0 Å². The first-order chi connectivity index (χ1) is 7.94. The number of nitrogens with one attached hydrogen (secondary N) is 2. The molecule has 0 saturated carbocycles. The highest BCUT2D eigenvalue weighted by molar-refractivity contribution is 7.84. The van der Waals surface area contributed by atoms with E-state index in [0.29, 0.717) is 18.9 Å². The van der Waals surface area contributed by atoms with Gasteiger partial charge in [0, 0.05) is 25.5 Å². The zero-order chi connectivity index (χ0) is 12.5. The Balaban J connectivity index is 2.20. The van der Waals surface area contributed by atoms with Crippen molar-refractivity contribution >= 4 is 11.0 Å². The fourth-order valence-electron chi connectivity index (χ4n) is 1.53. The molecule has 2 rings (SSSR count). The van der Waals surface area contributed by atoms with E-state index < -0.39 is 11.0 Å². The molecule has 6 heteroatoms. The summed E-state index contributed by atoms with van der Waals surface area (Å²) in [5.41, 5.74) is -0.389. The van der Waals surface area contributed by atoms with Gasteiger partial charge in [0.2, 0.25) is 0 Å². The second-order valence-electron chi connectivity index (χ2n) is 5.24. The van der Waals surface area contributed by atoms with Crippen molar-refractivity contribution < 1.29 is 4.21 Å². The first-order valence-corrected chi connectivity index (χ1v) is 6.77. The molecular formula is C11H18N4OS. The van der Waals surface area contributed by atoms with E-state index in [9.17, 15) is 4.21 Å². The molecule has 0 bridgehead atoms. The minimum atomic E-state index is -1.13. The van der Waals surface area contributed by atoms with Gasteiger partial charge in [-0.05, 0) is 26.8 Å². The number of nitrogens with zero attached hydrogens (tertiary/aromatic N) is 2. The molecule has 1 fully saturated rings. The second-order valence-corrected chi connectivity index (χ2v) is 7.21. The van der Waals surface area contributed by atoms with Crippen molar-refractivity contribution in [2.24, 2.45) is 0 Å². The lowest BCUT2D eigenvalue weighted by atomic mass is 9.93. The van der Waals surface area contributed by atoms with Crippen LogP contribution in [0.1, 0.15) is 26.6 Å². The van der Waals surface area contributed by atoms with Crippen LogP contribution in [-0.2, 0) is 16.5 Å². The van der Waals surface area contributed by atoms with Crippen LogP contribution in [-0.4, -0.2) is 32.0 Å². The number of hydrogen-bond acceptors (Lipinski definition) is 4. The van der Waals surface area contributed by atoms with Gasteiger partial charge in [-0.25, -0.2) is 18.9 Å². The summed E-state index contributed by atoms with van der Waals surface area (Å²) >= 11 is 0. The van der Waals surface area contributed by atoms with Crippen molar-refractivity contribution in [3.8, 4) is 0 Å². The van der Waals surface area contributed by atoms with Crippen LogP contribution in [0.15, 0.2) is 18.5 Å². The zero-order valence-corrected chi connectivity index (χ0v) is 11.2. The van der Waals surface area contributed by atoms with E-state index in [2.05, 4.69) is 20.0 Å². The Labute approximate surface area is 104 Å². The summed E-state index contributed by atoms with van der Waals surface area (Å²) in [5, 5.41) is 3.18. The minimum absolute atomic E-state index is 0.294. The van der Waals surface area contributed by atoms with Crippen molar-refractivity contribution in [1.29, 1.82) is 0 Å². The highest BCUT2D eigenvalue weighted by Crippen LogP contribution is 2.24. The standard InChI is InChI=1S/C11H18N4OS/c1-10(2,3)17(16)15-11(7-12-8-11)9-13-5-4-6-14-9/h4-6,12,15H,7-8H2,1-3H3. The van der Waals surface area contributed by atoms with Gasteiger partial charge in [0.05, 0.1) is 15.7 Å². The quantitative estimate of drug-likeness (QED) is 0.815. The molecule has 5 nitrogen and oxygen atoms in total. The van der Waals surface area contributed by atoms with E-state index >= 15 is 0 Å². The van der Waals surface area contributed by atoms with Gasteiger partial charge in [0.15, 0.2) is 5.82 Å². The fraction of sp³-hybridized carbons (Fsp3) is 0.636. The van der Waals surface area contributed by atoms with Crippen LogP contribution < -0.4 is 10.0 Å². The van der Waals surface area contributed by atoms with Gasteiger partial charge in [-0.1, -0.05) is 0 Å². The maximum atomic E-state index is 12.2. The second kappa shape index (κ2) is 4.44. The van der Waals surface area contributed by atoms with Gasteiger partial charge in [-0.2, -0.15) is 0 Å². The lowest BCUT2D eigenvalue weighted by Gasteiger charge is -2.42. The number of rotatable bonds is 3. The Morgan fingerprint density at radius 3 is 2.35 bits per heavy atom. The lowest BCUT2D eigenvalue weighted by molar-refractivity contribution is 0.244. The average molecular weight is 254 g/mol. The molecule has 2 heterocycles. The molecule has 0 spiro atoms. The Morgan fingerprint density at radius 2 is 1.94 bits per heavy atom. The lowest BCUT2D eigenvalue weighted by Crippen LogP contribution is -2.67. The monoisotopic (exact) mass is 254 g/mol. The smallest absolute Gasteiger partial charge is 0.151 e. The first-order valence-electron chi connectivity index (χ1n) is 5.62. The van der Waals surface area contributed by atoms with Crippen LogP contribution in [0.4, 0.5) is 0 Å². The molecule has 1 aliphatic heterocycles. The predicted molar refractivity (Wildman–Crippen MR) is 67.6 cm³/mol. The van der Waals surface area contributed by atoms with Crippen LogP contribution in [0, 0.1) is 0 Å². The molecule has 1 atom stereocenters. The zero-order valence-electron chi connectivity index (χ0n) is 10.4. The van der Waals surface area contributed by atoms with Crippen molar-refractivity contribution in [2.45, 2.75) is 31.1 Å². The van der Waals surface area contributed by atoms with Gasteiger partial charge >= 0.3 is 0 Å². The molecule has 1 aromatic rings. The summed E-state index contributed by atoms with van der Waals surface area (Å²) in [5.74, 6) is 0.705. The van der Waals surface area contributed by atoms with Gasteiger partial charge in [-0.3, -0.25) is 0 Å². The predicted octanol–water partition coefficient (Wildman–Crippen LogP) is 0.327. The summed E-state index contributed by atoms with van der Waals surface area (Å²) in [6, 6.07) is 1.78. The average Bonchev–Trinajstić information content (AvgIpc) is 2.23. The van der Waals surface area contributed by atoms with Crippen LogP contribution in [0.25, 0.3) is 0 Å². The Bertz CT molecular complexity index is 411. The third-order valence-corrected chi connectivity index (χ3v) is 4.38. The topological polar surface area (TPSA) is 66.9 Å². The normalized spacial score (nSPS) is 20.6. The molecule has 1 aromatic heterocycles.